The van der Waals surface area contributed by atoms with Gasteiger partial charge >= 0.3 is 0 Å². The van der Waals surface area contributed by atoms with Crippen molar-refractivity contribution in [1.29, 1.82) is 0 Å². The number of halogens is 1. The SMILES string of the molecule is [C-]#[N+]c1ccc(CNC(=O)Cn2ncc(N[C@@H]3C[C@H]4C[C@@H]([C@H]3C)C4(C)C)c(Br)c2=O)cc1. The summed E-state index contributed by atoms with van der Waals surface area (Å²) in [5, 5.41) is 10.5. The van der Waals surface area contributed by atoms with E-state index in [0.29, 0.717) is 45.7 Å². The van der Waals surface area contributed by atoms with Crippen LogP contribution in [0.1, 0.15) is 39.2 Å². The van der Waals surface area contributed by atoms with E-state index in [-0.39, 0.29) is 18.0 Å². The number of hydrogen-bond acceptors (Lipinski definition) is 4. The topological polar surface area (TPSA) is 80.4 Å². The molecule has 1 aromatic heterocycles. The minimum absolute atomic E-state index is 0.157. The van der Waals surface area contributed by atoms with Gasteiger partial charge in [0.1, 0.15) is 11.0 Å². The van der Waals surface area contributed by atoms with Gasteiger partial charge in [0.2, 0.25) is 5.91 Å². The van der Waals surface area contributed by atoms with Crippen LogP contribution in [0.3, 0.4) is 0 Å². The third-order valence-electron chi connectivity index (χ3n) is 7.53. The Bertz CT molecular complexity index is 1120. The van der Waals surface area contributed by atoms with E-state index in [1.54, 1.807) is 30.5 Å². The lowest BCUT2D eigenvalue weighted by Crippen LogP contribution is -2.58. The van der Waals surface area contributed by atoms with Gasteiger partial charge in [0.15, 0.2) is 5.69 Å². The Labute approximate surface area is 196 Å². The standard InChI is InChI=1S/C24H28BrN5O2/c1-14-18-9-16(24(18,2)3)10-19(14)29-20-12-28-30(23(32)22(20)25)13-21(31)27-11-15-5-7-17(26-4)8-6-15/h5-8,12,14,16,18-19,29H,9-11,13H2,1-3H3,(H,27,31)/t14-,16-,18+,19-/m1/s1. The van der Waals surface area contributed by atoms with Crippen LogP contribution >= 0.6 is 15.9 Å². The number of amides is 1. The van der Waals surface area contributed by atoms with E-state index in [1.165, 1.54) is 6.42 Å². The van der Waals surface area contributed by atoms with E-state index >= 15 is 0 Å². The molecule has 0 spiro atoms. The minimum Gasteiger partial charge on any atom is -0.380 e. The van der Waals surface area contributed by atoms with Crippen LogP contribution in [-0.4, -0.2) is 21.7 Å². The number of hydrogen-bond donors (Lipinski definition) is 2. The lowest BCUT2D eigenvalue weighted by molar-refractivity contribution is -0.122. The summed E-state index contributed by atoms with van der Waals surface area (Å²) in [5.74, 6) is 1.64. The molecule has 3 saturated carbocycles. The van der Waals surface area contributed by atoms with Crippen LogP contribution in [0.15, 0.2) is 39.7 Å². The number of anilines is 1. The number of nitrogens with one attached hydrogen (secondary N) is 2. The fraction of sp³-hybridized carbons (Fsp3) is 0.500. The summed E-state index contributed by atoms with van der Waals surface area (Å²) in [5.41, 5.74) is 2.19. The van der Waals surface area contributed by atoms with E-state index in [4.69, 9.17) is 6.57 Å². The molecular weight excluding hydrogens is 470 g/mol. The maximum atomic E-state index is 12.8. The summed E-state index contributed by atoms with van der Waals surface area (Å²) in [7, 11) is 0. The van der Waals surface area contributed by atoms with Crippen molar-refractivity contribution in [2.45, 2.75) is 52.7 Å². The molecule has 8 heteroatoms. The van der Waals surface area contributed by atoms with Gasteiger partial charge in [0.05, 0.1) is 18.5 Å². The highest BCUT2D eigenvalue weighted by molar-refractivity contribution is 9.10. The molecule has 0 saturated heterocycles. The van der Waals surface area contributed by atoms with Crippen molar-refractivity contribution in [3.05, 3.63) is 62.3 Å². The summed E-state index contributed by atoms with van der Waals surface area (Å²) < 4.78 is 1.57. The molecule has 0 aliphatic heterocycles. The number of rotatable bonds is 6. The fourth-order valence-corrected chi connectivity index (χ4v) is 5.72. The van der Waals surface area contributed by atoms with Crippen molar-refractivity contribution in [3.63, 3.8) is 0 Å². The molecule has 3 aliphatic carbocycles. The first-order valence-corrected chi connectivity index (χ1v) is 11.7. The molecule has 5 rings (SSSR count). The smallest absolute Gasteiger partial charge is 0.283 e. The average Bonchev–Trinajstić information content (AvgIpc) is 2.78. The molecular formula is C24H28BrN5O2. The van der Waals surface area contributed by atoms with Crippen molar-refractivity contribution in [3.8, 4) is 0 Å². The third kappa shape index (κ3) is 4.18. The number of nitrogens with zero attached hydrogens (tertiary/aromatic N) is 3. The van der Waals surface area contributed by atoms with Crippen molar-refractivity contribution in [2.75, 3.05) is 5.32 Å². The maximum Gasteiger partial charge on any atom is 0.283 e. The highest BCUT2D eigenvalue weighted by Crippen LogP contribution is 2.61. The zero-order valence-electron chi connectivity index (χ0n) is 18.6. The third-order valence-corrected chi connectivity index (χ3v) is 8.29. The normalized spacial score (nSPS) is 25.3. The van der Waals surface area contributed by atoms with Gasteiger partial charge in [-0.1, -0.05) is 45.0 Å². The Morgan fingerprint density at radius 2 is 2.03 bits per heavy atom. The van der Waals surface area contributed by atoms with Crippen molar-refractivity contribution in [1.82, 2.24) is 15.1 Å². The maximum absolute atomic E-state index is 12.8. The second-order valence-corrected chi connectivity index (χ2v) is 10.4. The summed E-state index contributed by atoms with van der Waals surface area (Å²) in [6.45, 7) is 14.2. The molecule has 1 heterocycles. The molecule has 168 valence electrons. The predicted molar refractivity (Wildman–Crippen MR) is 127 cm³/mol. The van der Waals surface area contributed by atoms with Crippen molar-refractivity contribution in [2.24, 2.45) is 23.2 Å². The van der Waals surface area contributed by atoms with Crippen LogP contribution in [0, 0.1) is 29.7 Å². The monoisotopic (exact) mass is 497 g/mol. The van der Waals surface area contributed by atoms with Gasteiger partial charge in [-0.2, -0.15) is 5.10 Å². The van der Waals surface area contributed by atoms with Crippen LogP contribution in [0.4, 0.5) is 11.4 Å². The van der Waals surface area contributed by atoms with Gasteiger partial charge < -0.3 is 10.6 Å². The van der Waals surface area contributed by atoms with Gasteiger partial charge in [-0.25, -0.2) is 9.53 Å². The first-order chi connectivity index (χ1) is 15.2. The summed E-state index contributed by atoms with van der Waals surface area (Å²) in [4.78, 5) is 28.5. The highest BCUT2D eigenvalue weighted by atomic mass is 79.9. The van der Waals surface area contributed by atoms with Crippen LogP contribution in [0.2, 0.25) is 0 Å². The average molecular weight is 498 g/mol. The van der Waals surface area contributed by atoms with Crippen LogP contribution in [0.25, 0.3) is 4.85 Å². The number of carbonyl (C=O) groups excluding carboxylic acids is 1. The van der Waals surface area contributed by atoms with Crippen molar-refractivity contribution < 1.29 is 4.79 Å². The Kier molecular flexibility index (Phi) is 6.13. The quantitative estimate of drug-likeness (QED) is 0.581. The van der Waals surface area contributed by atoms with Gasteiger partial charge in [0, 0.05) is 12.6 Å². The fourth-order valence-electron chi connectivity index (χ4n) is 5.30. The minimum atomic E-state index is -0.333. The van der Waals surface area contributed by atoms with Crippen LogP contribution < -0.4 is 16.2 Å². The summed E-state index contributed by atoms with van der Waals surface area (Å²) in [6, 6.07) is 7.33. The van der Waals surface area contributed by atoms with E-state index in [0.717, 1.165) is 22.6 Å². The highest BCUT2D eigenvalue weighted by Gasteiger charge is 2.56. The van der Waals surface area contributed by atoms with Gasteiger partial charge in [0.25, 0.3) is 5.56 Å². The Hall–Kier alpha value is -2.66. The number of fused-ring (bicyclic) bond motifs is 2. The lowest BCUT2D eigenvalue weighted by Gasteiger charge is -2.62. The zero-order valence-corrected chi connectivity index (χ0v) is 20.1. The van der Waals surface area contributed by atoms with Crippen LogP contribution in [-0.2, 0) is 17.9 Å². The molecule has 0 unspecified atom stereocenters. The molecule has 0 radical (unpaired) electrons. The molecule has 32 heavy (non-hydrogen) atoms. The van der Waals surface area contributed by atoms with Gasteiger partial charge in [-0.15, -0.1) is 0 Å². The predicted octanol–water partition coefficient (Wildman–Crippen LogP) is 4.36. The molecule has 3 fully saturated rings. The van der Waals surface area contributed by atoms with E-state index in [1.807, 2.05) is 0 Å². The van der Waals surface area contributed by atoms with E-state index in [9.17, 15) is 9.59 Å². The molecule has 2 aromatic rings. The Morgan fingerprint density at radius 1 is 1.31 bits per heavy atom. The number of carbonyl (C=O) groups is 1. The zero-order chi connectivity index (χ0) is 23.0. The summed E-state index contributed by atoms with van der Waals surface area (Å²) in [6.07, 6.45) is 4.02. The van der Waals surface area contributed by atoms with Gasteiger partial charge in [-0.3, -0.25) is 9.59 Å². The second kappa shape index (κ2) is 8.70. The second-order valence-electron chi connectivity index (χ2n) is 9.60. The van der Waals surface area contributed by atoms with Crippen LogP contribution in [0.5, 0.6) is 0 Å². The molecule has 1 aromatic carbocycles. The van der Waals surface area contributed by atoms with E-state index < -0.39 is 0 Å². The summed E-state index contributed by atoms with van der Waals surface area (Å²) >= 11 is 3.41. The largest absolute Gasteiger partial charge is 0.380 e. The number of aromatic nitrogens is 2. The first kappa shape index (κ1) is 22.5. The molecule has 4 atom stereocenters. The van der Waals surface area contributed by atoms with Crippen molar-refractivity contribution >= 4 is 33.2 Å². The Morgan fingerprint density at radius 3 is 2.66 bits per heavy atom. The first-order valence-electron chi connectivity index (χ1n) is 11.0. The molecule has 2 bridgehead atoms. The molecule has 3 aliphatic rings. The van der Waals surface area contributed by atoms with Gasteiger partial charge in [-0.05, 0) is 57.5 Å². The van der Waals surface area contributed by atoms with E-state index in [2.05, 4.69) is 57.3 Å². The lowest BCUT2D eigenvalue weighted by atomic mass is 9.45. The molecule has 1 amide bonds. The Balaban J connectivity index is 1.37. The molecule has 2 N–H and O–H groups in total. The molecule has 7 nitrogen and oxygen atoms in total. The number of benzene rings is 1.